The third-order valence-electron chi connectivity index (χ3n) is 6.83. The molecule has 4 heterocycles. The van der Waals surface area contributed by atoms with Crippen LogP contribution in [0, 0.1) is 17.8 Å². The summed E-state index contributed by atoms with van der Waals surface area (Å²) in [6.45, 7) is 4.64. The molecule has 7 heteroatoms. The Morgan fingerprint density at radius 2 is 2.10 bits per heavy atom. The van der Waals surface area contributed by atoms with Crippen LogP contribution in [-0.2, 0) is 20.8 Å². The Morgan fingerprint density at radius 3 is 2.76 bits per heavy atom. The lowest BCUT2D eigenvalue weighted by Crippen LogP contribution is -2.48. The van der Waals surface area contributed by atoms with Crippen LogP contribution in [-0.4, -0.2) is 60.1 Å². The maximum absolute atomic E-state index is 13.1. The van der Waals surface area contributed by atoms with Gasteiger partial charge in [0.05, 0.1) is 19.1 Å². The van der Waals surface area contributed by atoms with Crippen LogP contribution in [0.4, 0.5) is 0 Å². The second-order valence-corrected chi connectivity index (χ2v) is 8.29. The Balaban J connectivity index is 1.78. The van der Waals surface area contributed by atoms with Crippen LogP contribution >= 0.6 is 0 Å². The number of carbonyl (C=O) groups is 1. The Morgan fingerprint density at radius 1 is 1.34 bits per heavy atom. The van der Waals surface area contributed by atoms with Crippen molar-refractivity contribution >= 4 is 12.0 Å². The van der Waals surface area contributed by atoms with Crippen LogP contribution in [0.15, 0.2) is 23.0 Å². The number of pyridine rings is 1. The van der Waals surface area contributed by atoms with E-state index in [4.69, 9.17) is 9.47 Å². The second-order valence-electron chi connectivity index (χ2n) is 8.29. The SMILES string of the molecule is C/C=C\c1ccc2n(c1=O)C[C@H]1[C@H](CO)[C@@H](C(=O)OC)[C@@H]2N1CC1CCOCC1. The fourth-order valence-electron chi connectivity index (χ4n) is 5.43. The monoisotopic (exact) mass is 402 g/mol. The van der Waals surface area contributed by atoms with Crippen molar-refractivity contribution in [2.45, 2.75) is 38.4 Å². The topological polar surface area (TPSA) is 81.0 Å². The molecule has 0 spiro atoms. The minimum atomic E-state index is -0.476. The molecule has 3 aliphatic rings. The van der Waals surface area contributed by atoms with Gasteiger partial charge in [-0.2, -0.15) is 0 Å². The van der Waals surface area contributed by atoms with Gasteiger partial charge in [-0.1, -0.05) is 12.2 Å². The van der Waals surface area contributed by atoms with Crippen LogP contribution in [0.25, 0.3) is 6.08 Å². The van der Waals surface area contributed by atoms with E-state index in [0.717, 1.165) is 38.3 Å². The van der Waals surface area contributed by atoms with Gasteiger partial charge in [0.15, 0.2) is 0 Å². The van der Waals surface area contributed by atoms with Gasteiger partial charge in [0.2, 0.25) is 0 Å². The number of aromatic nitrogens is 1. The van der Waals surface area contributed by atoms with Gasteiger partial charge in [0.25, 0.3) is 5.56 Å². The molecular formula is C22H30N2O5. The van der Waals surface area contributed by atoms with Crippen LogP contribution in [0.2, 0.25) is 0 Å². The number of hydrogen-bond acceptors (Lipinski definition) is 6. The molecule has 3 aliphatic heterocycles. The third kappa shape index (κ3) is 3.45. The number of carbonyl (C=O) groups excluding carboxylic acids is 1. The number of fused-ring (bicyclic) bond motifs is 4. The first kappa shape index (κ1) is 20.3. The van der Waals surface area contributed by atoms with E-state index in [2.05, 4.69) is 4.90 Å². The van der Waals surface area contributed by atoms with Crippen LogP contribution in [0.1, 0.15) is 37.1 Å². The van der Waals surface area contributed by atoms with Gasteiger partial charge >= 0.3 is 5.97 Å². The smallest absolute Gasteiger partial charge is 0.311 e. The summed E-state index contributed by atoms with van der Waals surface area (Å²) < 4.78 is 12.4. The Hall–Kier alpha value is -1.96. The first-order chi connectivity index (χ1) is 14.1. The number of hydrogen-bond donors (Lipinski definition) is 1. The van der Waals surface area contributed by atoms with Gasteiger partial charge in [0.1, 0.15) is 0 Å². The predicted molar refractivity (Wildman–Crippen MR) is 108 cm³/mol. The number of aliphatic hydroxyl groups excluding tert-OH is 1. The highest BCUT2D eigenvalue weighted by Gasteiger charge is 2.56. The average molecular weight is 402 g/mol. The molecule has 1 aromatic heterocycles. The maximum Gasteiger partial charge on any atom is 0.311 e. The van der Waals surface area contributed by atoms with Gasteiger partial charge < -0.3 is 19.1 Å². The number of rotatable bonds is 5. The fourth-order valence-corrected chi connectivity index (χ4v) is 5.43. The van der Waals surface area contributed by atoms with Crippen molar-refractivity contribution in [2.24, 2.45) is 17.8 Å². The summed E-state index contributed by atoms with van der Waals surface area (Å²) in [6, 6.07) is 3.48. The number of methoxy groups -OCH3 is 1. The van der Waals surface area contributed by atoms with Gasteiger partial charge in [-0.05, 0) is 37.8 Å². The molecule has 29 heavy (non-hydrogen) atoms. The van der Waals surface area contributed by atoms with Crippen LogP contribution in [0.5, 0.6) is 0 Å². The minimum absolute atomic E-state index is 0.0384. The summed E-state index contributed by atoms with van der Waals surface area (Å²) >= 11 is 0. The van der Waals surface area contributed by atoms with Crippen molar-refractivity contribution in [3.05, 3.63) is 39.8 Å². The number of aliphatic hydroxyl groups is 1. The zero-order valence-corrected chi connectivity index (χ0v) is 17.1. The van der Waals surface area contributed by atoms with E-state index in [1.807, 2.05) is 31.2 Å². The number of esters is 1. The van der Waals surface area contributed by atoms with Gasteiger partial charge in [-0.25, -0.2) is 0 Å². The first-order valence-electron chi connectivity index (χ1n) is 10.5. The summed E-state index contributed by atoms with van der Waals surface area (Å²) in [5.41, 5.74) is 1.45. The Kier molecular flexibility index (Phi) is 5.90. The third-order valence-corrected chi connectivity index (χ3v) is 6.83. The summed E-state index contributed by atoms with van der Waals surface area (Å²) in [7, 11) is 1.39. The molecule has 1 aromatic rings. The van der Waals surface area contributed by atoms with E-state index in [9.17, 15) is 14.7 Å². The number of ether oxygens (including phenoxy) is 2. The molecule has 1 N–H and O–H groups in total. The molecule has 2 saturated heterocycles. The molecular weight excluding hydrogens is 372 g/mol. The van der Waals surface area contributed by atoms with Crippen molar-refractivity contribution < 1.29 is 19.4 Å². The molecule has 2 fully saturated rings. The summed E-state index contributed by atoms with van der Waals surface area (Å²) in [6.07, 6.45) is 5.66. The van der Waals surface area contributed by atoms with E-state index >= 15 is 0 Å². The van der Waals surface area contributed by atoms with Crippen molar-refractivity contribution in [3.63, 3.8) is 0 Å². The highest BCUT2D eigenvalue weighted by atomic mass is 16.5. The van der Waals surface area contributed by atoms with E-state index in [0.29, 0.717) is 18.0 Å². The summed E-state index contributed by atoms with van der Waals surface area (Å²) in [5.74, 6) is -0.552. The molecule has 0 saturated carbocycles. The molecule has 0 aliphatic carbocycles. The lowest BCUT2D eigenvalue weighted by molar-refractivity contribution is -0.148. The Bertz CT molecular complexity index is 842. The lowest BCUT2D eigenvalue weighted by Gasteiger charge is -2.40. The van der Waals surface area contributed by atoms with Crippen LogP contribution in [0.3, 0.4) is 0 Å². The standard InChI is InChI=1S/C22H30N2O5/c1-3-4-15-5-6-17-20-19(22(27)28-2)16(13-25)18(12-24(17)21(15)26)23(20)11-14-7-9-29-10-8-14/h3-6,14,16,18-20,25H,7-13H2,1-2H3/b4-3-/t16-,18-,19+,20+/m0/s1. The lowest BCUT2D eigenvalue weighted by atomic mass is 9.87. The Labute approximate surface area is 170 Å². The second kappa shape index (κ2) is 8.42. The van der Waals surface area contributed by atoms with Gasteiger partial charge in [-0.3, -0.25) is 14.5 Å². The minimum Gasteiger partial charge on any atom is -0.469 e. The maximum atomic E-state index is 13.1. The van der Waals surface area contributed by atoms with Gasteiger partial charge in [0, 0.05) is 56.1 Å². The number of allylic oxidation sites excluding steroid dienone is 1. The average Bonchev–Trinajstić information content (AvgIpc) is 2.95. The van der Waals surface area contributed by atoms with E-state index < -0.39 is 5.92 Å². The molecule has 7 nitrogen and oxygen atoms in total. The van der Waals surface area contributed by atoms with E-state index in [-0.39, 0.29) is 36.1 Å². The van der Waals surface area contributed by atoms with Crippen molar-refractivity contribution in [2.75, 3.05) is 33.5 Å². The summed E-state index contributed by atoms with van der Waals surface area (Å²) in [4.78, 5) is 28.2. The van der Waals surface area contributed by atoms with Crippen molar-refractivity contribution in [3.8, 4) is 0 Å². The van der Waals surface area contributed by atoms with Crippen molar-refractivity contribution in [1.29, 1.82) is 0 Å². The quantitative estimate of drug-likeness (QED) is 0.751. The number of nitrogens with zero attached hydrogens (tertiary/aromatic N) is 2. The molecule has 0 aromatic carbocycles. The molecule has 4 rings (SSSR count). The predicted octanol–water partition coefficient (Wildman–Crippen LogP) is 1.44. The van der Waals surface area contributed by atoms with Gasteiger partial charge in [-0.15, -0.1) is 0 Å². The zero-order valence-electron chi connectivity index (χ0n) is 17.1. The molecule has 0 unspecified atom stereocenters. The van der Waals surface area contributed by atoms with E-state index in [1.165, 1.54) is 7.11 Å². The van der Waals surface area contributed by atoms with Crippen molar-refractivity contribution in [1.82, 2.24) is 9.47 Å². The first-order valence-corrected chi connectivity index (χ1v) is 10.5. The van der Waals surface area contributed by atoms with Crippen LogP contribution < -0.4 is 5.56 Å². The molecule has 0 amide bonds. The zero-order chi connectivity index (χ0) is 20.5. The molecule has 158 valence electrons. The molecule has 4 atom stereocenters. The molecule has 2 bridgehead atoms. The normalized spacial score (nSPS) is 29.9. The highest BCUT2D eigenvalue weighted by molar-refractivity contribution is 5.74. The summed E-state index contributed by atoms with van der Waals surface area (Å²) in [5, 5.41) is 10.2. The highest BCUT2D eigenvalue weighted by Crippen LogP contribution is 2.49. The fraction of sp³-hybridized carbons (Fsp3) is 0.636. The molecule has 0 radical (unpaired) electrons. The van der Waals surface area contributed by atoms with E-state index in [1.54, 1.807) is 4.57 Å². The largest absolute Gasteiger partial charge is 0.469 e.